The lowest BCUT2D eigenvalue weighted by atomic mass is 9.84. The van der Waals surface area contributed by atoms with Gasteiger partial charge in [-0.1, -0.05) is 12.1 Å². The molecule has 138 valence electrons. The number of para-hydroxylation sites is 2. The Kier molecular flexibility index (Phi) is 4.50. The van der Waals surface area contributed by atoms with Crippen molar-refractivity contribution in [2.45, 2.75) is 37.3 Å². The first-order chi connectivity index (χ1) is 12.6. The Labute approximate surface area is 151 Å². The molecule has 1 spiro atoms. The lowest BCUT2D eigenvalue weighted by Crippen LogP contribution is -2.51. The van der Waals surface area contributed by atoms with E-state index in [1.54, 1.807) is 13.1 Å². The third-order valence-corrected chi connectivity index (χ3v) is 5.43. The molecule has 0 bridgehead atoms. The molecule has 2 aliphatic rings. The molecular weight excluding hydrogens is 334 g/mol. The lowest BCUT2D eigenvalue weighted by molar-refractivity contribution is -0.139. The van der Waals surface area contributed by atoms with Crippen LogP contribution in [0.15, 0.2) is 29.1 Å². The van der Waals surface area contributed by atoms with Gasteiger partial charge in [-0.05, 0) is 37.8 Å². The number of fused-ring (bicyclic) bond motifs is 1. The minimum Gasteiger partial charge on any atom is -0.381 e. The number of benzene rings is 1. The van der Waals surface area contributed by atoms with Gasteiger partial charge in [-0.25, -0.2) is 4.98 Å². The summed E-state index contributed by atoms with van der Waals surface area (Å²) in [5.41, 5.74) is 0.692. The maximum atomic E-state index is 12.7. The zero-order chi connectivity index (χ0) is 18.1. The third kappa shape index (κ3) is 3.12. The number of aryl methyl sites for hydroxylation is 1. The first-order valence-corrected chi connectivity index (χ1v) is 9.06. The highest BCUT2D eigenvalue weighted by Crippen LogP contribution is 2.34. The monoisotopic (exact) mass is 357 g/mol. The molecule has 7 nitrogen and oxygen atoms in total. The summed E-state index contributed by atoms with van der Waals surface area (Å²) >= 11 is 0. The number of carbonyl (C=O) groups excluding carboxylic acids is 1. The molecule has 2 saturated heterocycles. The fourth-order valence-corrected chi connectivity index (χ4v) is 3.92. The second kappa shape index (κ2) is 6.81. The quantitative estimate of drug-likeness (QED) is 0.878. The van der Waals surface area contributed by atoms with Crippen LogP contribution >= 0.6 is 0 Å². The van der Waals surface area contributed by atoms with Crippen molar-refractivity contribution in [1.82, 2.24) is 14.9 Å². The van der Waals surface area contributed by atoms with Crippen LogP contribution in [0.3, 0.4) is 0 Å². The van der Waals surface area contributed by atoms with Gasteiger partial charge >= 0.3 is 0 Å². The molecule has 1 atom stereocenters. The minimum absolute atomic E-state index is 0.0210. The number of ether oxygens (including phenoxy) is 2. The normalized spacial score (nSPS) is 22.4. The largest absolute Gasteiger partial charge is 0.381 e. The van der Waals surface area contributed by atoms with Crippen LogP contribution in [0, 0.1) is 0 Å². The minimum atomic E-state index is -0.412. The Morgan fingerprint density at radius 1 is 1.27 bits per heavy atom. The van der Waals surface area contributed by atoms with E-state index in [2.05, 4.69) is 10.3 Å². The predicted molar refractivity (Wildman–Crippen MR) is 96.2 cm³/mol. The van der Waals surface area contributed by atoms with E-state index in [0.29, 0.717) is 30.9 Å². The third-order valence-electron chi connectivity index (χ3n) is 5.43. The van der Waals surface area contributed by atoms with Crippen LogP contribution in [0.2, 0.25) is 0 Å². The fraction of sp³-hybridized carbons (Fsp3) is 0.526. The van der Waals surface area contributed by atoms with E-state index in [-0.39, 0.29) is 22.9 Å². The summed E-state index contributed by atoms with van der Waals surface area (Å²) in [5, 5.41) is 3.00. The van der Waals surface area contributed by atoms with Crippen LogP contribution in [0.1, 0.15) is 36.2 Å². The molecule has 3 heterocycles. The van der Waals surface area contributed by atoms with Crippen molar-refractivity contribution >= 4 is 16.9 Å². The smallest absolute Gasteiger partial charge is 0.282 e. The summed E-state index contributed by atoms with van der Waals surface area (Å²) in [7, 11) is 1.66. The van der Waals surface area contributed by atoms with E-state index in [9.17, 15) is 9.59 Å². The molecule has 4 rings (SSSR count). The molecule has 1 aromatic heterocycles. The van der Waals surface area contributed by atoms with Gasteiger partial charge in [0, 0.05) is 32.9 Å². The highest BCUT2D eigenvalue weighted by molar-refractivity contribution is 5.94. The summed E-state index contributed by atoms with van der Waals surface area (Å²) in [6, 6.07) is 7.29. The molecule has 7 heteroatoms. The van der Waals surface area contributed by atoms with E-state index in [0.717, 1.165) is 25.7 Å². The van der Waals surface area contributed by atoms with E-state index >= 15 is 0 Å². The van der Waals surface area contributed by atoms with Crippen LogP contribution in [-0.4, -0.2) is 46.9 Å². The highest BCUT2D eigenvalue weighted by atomic mass is 16.5. The summed E-state index contributed by atoms with van der Waals surface area (Å²) in [6.45, 7) is 1.98. The SMILES string of the molecule is Cn1c(=O)c(C(=O)N[C@@H]2CCOC3(CCOCC3)C2)nc2ccccc21. The van der Waals surface area contributed by atoms with Crippen molar-refractivity contribution in [3.05, 3.63) is 40.3 Å². The van der Waals surface area contributed by atoms with Crippen molar-refractivity contribution in [3.8, 4) is 0 Å². The first kappa shape index (κ1) is 17.2. The molecular formula is C19H23N3O4. The summed E-state index contributed by atoms with van der Waals surface area (Å²) in [5.74, 6) is -0.412. The fourth-order valence-electron chi connectivity index (χ4n) is 3.92. The molecule has 1 amide bonds. The molecule has 0 saturated carbocycles. The summed E-state index contributed by atoms with van der Waals surface area (Å²) < 4.78 is 12.9. The Bertz CT molecular complexity index is 880. The average Bonchev–Trinajstić information content (AvgIpc) is 2.65. The van der Waals surface area contributed by atoms with E-state index in [1.807, 2.05) is 18.2 Å². The standard InChI is InChI=1S/C19H23N3O4/c1-22-15-5-3-2-4-14(15)21-16(18(22)24)17(23)20-13-6-9-26-19(12-13)7-10-25-11-8-19/h2-5,13H,6-12H2,1H3,(H,20,23)/t13-/m1/s1. The summed E-state index contributed by atoms with van der Waals surface area (Å²) in [6.07, 6.45) is 3.17. The van der Waals surface area contributed by atoms with Gasteiger partial charge in [-0.15, -0.1) is 0 Å². The van der Waals surface area contributed by atoms with Crippen LogP contribution < -0.4 is 10.9 Å². The van der Waals surface area contributed by atoms with Crippen molar-refractivity contribution in [2.75, 3.05) is 19.8 Å². The number of aromatic nitrogens is 2. The number of nitrogens with one attached hydrogen (secondary N) is 1. The highest BCUT2D eigenvalue weighted by Gasteiger charge is 2.39. The second-order valence-electron chi connectivity index (χ2n) is 7.12. The van der Waals surface area contributed by atoms with Gasteiger partial charge in [0.25, 0.3) is 11.5 Å². The molecule has 0 unspecified atom stereocenters. The van der Waals surface area contributed by atoms with Crippen LogP contribution in [0.4, 0.5) is 0 Å². The number of nitrogens with zero attached hydrogens (tertiary/aromatic N) is 2. The molecule has 2 aromatic rings. The predicted octanol–water partition coefficient (Wildman–Crippen LogP) is 1.39. The number of rotatable bonds is 2. The van der Waals surface area contributed by atoms with Gasteiger partial charge in [0.1, 0.15) is 0 Å². The maximum Gasteiger partial charge on any atom is 0.282 e. The van der Waals surface area contributed by atoms with Gasteiger partial charge in [0.15, 0.2) is 5.69 Å². The molecule has 0 aliphatic carbocycles. The van der Waals surface area contributed by atoms with Crippen molar-refractivity contribution in [3.63, 3.8) is 0 Å². The molecule has 1 aromatic carbocycles. The van der Waals surface area contributed by atoms with E-state index in [4.69, 9.17) is 9.47 Å². The Morgan fingerprint density at radius 3 is 2.85 bits per heavy atom. The Hall–Kier alpha value is -2.25. The van der Waals surface area contributed by atoms with E-state index < -0.39 is 5.91 Å². The topological polar surface area (TPSA) is 82.5 Å². The number of hydrogen-bond donors (Lipinski definition) is 1. The van der Waals surface area contributed by atoms with Gasteiger partial charge in [0.2, 0.25) is 0 Å². The summed E-state index contributed by atoms with van der Waals surface area (Å²) in [4.78, 5) is 29.6. The molecule has 1 N–H and O–H groups in total. The van der Waals surface area contributed by atoms with Crippen molar-refractivity contribution in [2.24, 2.45) is 7.05 Å². The van der Waals surface area contributed by atoms with Gasteiger partial charge in [0.05, 0.1) is 16.6 Å². The van der Waals surface area contributed by atoms with Crippen molar-refractivity contribution < 1.29 is 14.3 Å². The average molecular weight is 357 g/mol. The van der Waals surface area contributed by atoms with Gasteiger partial charge in [-0.3, -0.25) is 9.59 Å². The lowest BCUT2D eigenvalue weighted by Gasteiger charge is -2.43. The number of hydrogen-bond acceptors (Lipinski definition) is 5. The van der Waals surface area contributed by atoms with Crippen LogP contribution in [0.5, 0.6) is 0 Å². The van der Waals surface area contributed by atoms with Crippen LogP contribution in [0.25, 0.3) is 11.0 Å². The zero-order valence-electron chi connectivity index (χ0n) is 14.9. The number of carbonyl (C=O) groups is 1. The Morgan fingerprint density at radius 2 is 2.04 bits per heavy atom. The molecule has 26 heavy (non-hydrogen) atoms. The Balaban J connectivity index is 1.56. The van der Waals surface area contributed by atoms with Crippen molar-refractivity contribution in [1.29, 1.82) is 0 Å². The number of amides is 1. The first-order valence-electron chi connectivity index (χ1n) is 9.06. The molecule has 2 aliphatic heterocycles. The van der Waals surface area contributed by atoms with Gasteiger partial charge in [-0.2, -0.15) is 0 Å². The zero-order valence-corrected chi connectivity index (χ0v) is 14.9. The second-order valence-corrected chi connectivity index (χ2v) is 7.12. The maximum absolute atomic E-state index is 12.7. The molecule has 2 fully saturated rings. The molecule has 0 radical (unpaired) electrons. The van der Waals surface area contributed by atoms with Crippen LogP contribution in [-0.2, 0) is 16.5 Å². The van der Waals surface area contributed by atoms with Gasteiger partial charge < -0.3 is 19.4 Å². The van der Waals surface area contributed by atoms with E-state index in [1.165, 1.54) is 4.57 Å².